The molecule has 50 heavy (non-hydrogen) atoms. The summed E-state index contributed by atoms with van der Waals surface area (Å²) >= 11 is -0.826. The van der Waals surface area contributed by atoms with Crippen molar-refractivity contribution in [1.29, 1.82) is 0 Å². The molecule has 0 saturated carbocycles. The zero-order chi connectivity index (χ0) is 37.2. The molecule has 0 N–H and O–H groups in total. The van der Waals surface area contributed by atoms with Gasteiger partial charge in [-0.2, -0.15) is 12.1 Å². The Labute approximate surface area is 325 Å². The van der Waals surface area contributed by atoms with Crippen LogP contribution in [0.2, 0.25) is 13.1 Å². The fourth-order valence-corrected chi connectivity index (χ4v) is 6.84. The molecule has 0 saturated heterocycles. The van der Waals surface area contributed by atoms with Crippen LogP contribution in [0.1, 0.15) is 88.8 Å². The van der Waals surface area contributed by atoms with Gasteiger partial charge in [0.1, 0.15) is 0 Å². The van der Waals surface area contributed by atoms with Crippen molar-refractivity contribution in [2.24, 2.45) is 0 Å². The SMILES string of the molecule is CCc1ccccc1-c1c(C(C)(C)C)ccc2[cH-]c(C)cc12.CCc1ccccc1-c1c(C(C)(C)C)ccc2[cH-]c(C)cc12.C[Si]C.[Cl][Zr+2][Cl]. The van der Waals surface area contributed by atoms with Gasteiger partial charge in [0, 0.05) is 9.52 Å². The molecule has 0 unspecified atom stereocenters. The molecule has 0 heterocycles. The summed E-state index contributed by atoms with van der Waals surface area (Å²) in [6, 6.07) is 36.2. The van der Waals surface area contributed by atoms with Crippen LogP contribution < -0.4 is 0 Å². The number of hydrogen-bond donors (Lipinski definition) is 0. The summed E-state index contributed by atoms with van der Waals surface area (Å²) < 4.78 is 0. The molecule has 6 rings (SSSR count). The van der Waals surface area contributed by atoms with Gasteiger partial charge in [0.05, 0.1) is 0 Å². The predicted octanol–water partition coefficient (Wildman–Crippen LogP) is 15.0. The van der Waals surface area contributed by atoms with Crippen LogP contribution in [-0.2, 0) is 44.5 Å². The van der Waals surface area contributed by atoms with Gasteiger partial charge in [-0.05, 0) is 45.9 Å². The topological polar surface area (TPSA) is 0 Å². The molecule has 0 amide bonds. The molecule has 0 fully saturated rings. The molecule has 2 radical (unpaired) electrons. The van der Waals surface area contributed by atoms with E-state index < -0.39 is 20.8 Å². The van der Waals surface area contributed by atoms with Gasteiger partial charge in [-0.3, -0.25) is 0 Å². The molecule has 0 aliphatic heterocycles. The number of hydrogen-bond acceptors (Lipinski definition) is 0. The van der Waals surface area contributed by atoms with Crippen molar-refractivity contribution >= 4 is 48.1 Å². The third kappa shape index (κ3) is 10.4. The van der Waals surface area contributed by atoms with Gasteiger partial charge in [0.15, 0.2) is 0 Å². The fraction of sp³-hybridized carbons (Fsp3) is 0.348. The first-order chi connectivity index (χ1) is 23.7. The summed E-state index contributed by atoms with van der Waals surface area (Å²) in [6.45, 7) is 27.0. The Kier molecular flexibility index (Phi) is 16.1. The van der Waals surface area contributed by atoms with E-state index in [0.717, 1.165) is 22.4 Å². The van der Waals surface area contributed by atoms with Gasteiger partial charge >= 0.3 is 37.9 Å². The van der Waals surface area contributed by atoms with Crippen LogP contribution in [-0.4, -0.2) is 9.52 Å². The van der Waals surface area contributed by atoms with Gasteiger partial charge in [0.2, 0.25) is 0 Å². The predicted molar refractivity (Wildman–Crippen MR) is 225 cm³/mol. The van der Waals surface area contributed by atoms with E-state index in [0.29, 0.717) is 0 Å². The molecule has 0 aliphatic rings. The molecular weight excluding hydrogens is 743 g/mol. The van der Waals surface area contributed by atoms with Crippen molar-refractivity contribution in [3.8, 4) is 22.3 Å². The van der Waals surface area contributed by atoms with E-state index in [1.807, 2.05) is 0 Å². The second-order valence-corrected chi connectivity index (χ2v) is 19.9. The first-order valence-electron chi connectivity index (χ1n) is 17.8. The quantitative estimate of drug-likeness (QED) is 0.123. The van der Waals surface area contributed by atoms with E-state index in [4.69, 9.17) is 17.0 Å². The van der Waals surface area contributed by atoms with E-state index in [1.165, 1.54) is 77.2 Å². The minimum atomic E-state index is -0.826. The average molecular weight is 799 g/mol. The van der Waals surface area contributed by atoms with E-state index in [9.17, 15) is 0 Å². The van der Waals surface area contributed by atoms with Crippen molar-refractivity contribution < 1.29 is 20.8 Å². The van der Waals surface area contributed by atoms with Gasteiger partial charge < -0.3 is 0 Å². The molecule has 6 aromatic carbocycles. The van der Waals surface area contributed by atoms with Crippen molar-refractivity contribution in [1.82, 2.24) is 0 Å². The normalized spacial score (nSPS) is 11.2. The summed E-state index contributed by atoms with van der Waals surface area (Å²) in [7, 11) is 11.0. The average Bonchev–Trinajstić information content (AvgIpc) is 3.64. The Bertz CT molecular complexity index is 1820. The number of aryl methyl sites for hydroxylation is 4. The second kappa shape index (κ2) is 19.0. The van der Waals surface area contributed by atoms with Gasteiger partial charge in [-0.1, -0.05) is 153 Å². The number of rotatable bonds is 4. The molecular formula is C46H56Cl2SiZr. The summed E-state index contributed by atoms with van der Waals surface area (Å²) in [4.78, 5) is 0. The molecule has 0 bridgehead atoms. The summed E-state index contributed by atoms with van der Waals surface area (Å²) in [5, 5.41) is 5.49. The molecule has 6 aromatic rings. The summed E-state index contributed by atoms with van der Waals surface area (Å²) in [6.07, 6.45) is 2.13. The van der Waals surface area contributed by atoms with Crippen LogP contribution in [0.25, 0.3) is 43.8 Å². The fourth-order valence-electron chi connectivity index (χ4n) is 6.84. The maximum atomic E-state index is 4.93. The van der Waals surface area contributed by atoms with Crippen LogP contribution in [0.15, 0.2) is 97.1 Å². The van der Waals surface area contributed by atoms with Gasteiger partial charge in [-0.25, -0.2) is 0 Å². The second-order valence-electron chi connectivity index (χ2n) is 15.1. The van der Waals surface area contributed by atoms with Gasteiger partial charge in [0.25, 0.3) is 0 Å². The Balaban J connectivity index is 0.000000234. The Hall–Kier alpha value is -2.22. The Morgan fingerprint density at radius 2 is 0.900 bits per heavy atom. The van der Waals surface area contributed by atoms with Crippen LogP contribution in [0.5, 0.6) is 0 Å². The zero-order valence-corrected chi connectivity index (χ0v) is 37.4. The van der Waals surface area contributed by atoms with E-state index in [-0.39, 0.29) is 10.8 Å². The van der Waals surface area contributed by atoms with Crippen LogP contribution in [0.3, 0.4) is 0 Å². The third-order valence-corrected chi connectivity index (χ3v) is 9.02. The molecule has 0 aromatic heterocycles. The van der Waals surface area contributed by atoms with Gasteiger partial charge in [-0.15, -0.1) is 69.1 Å². The van der Waals surface area contributed by atoms with Crippen LogP contribution >= 0.6 is 17.0 Å². The first kappa shape index (κ1) is 42.2. The molecule has 4 heteroatoms. The molecule has 262 valence electrons. The monoisotopic (exact) mass is 796 g/mol. The van der Waals surface area contributed by atoms with E-state index in [2.05, 4.69) is 179 Å². The molecule has 0 aliphatic carbocycles. The number of fused-ring (bicyclic) bond motifs is 2. The minimum absolute atomic E-state index is 0.134. The van der Waals surface area contributed by atoms with Crippen LogP contribution in [0.4, 0.5) is 0 Å². The Morgan fingerprint density at radius 1 is 0.580 bits per heavy atom. The maximum absolute atomic E-state index is 4.93. The van der Waals surface area contributed by atoms with E-state index >= 15 is 0 Å². The zero-order valence-electron chi connectivity index (χ0n) is 32.4. The number of halogens is 2. The number of benzene rings is 4. The molecule has 0 spiro atoms. The van der Waals surface area contributed by atoms with Crippen LogP contribution in [0, 0.1) is 13.8 Å². The Morgan fingerprint density at radius 3 is 1.20 bits per heavy atom. The first-order valence-corrected chi connectivity index (χ1v) is 26.1. The van der Waals surface area contributed by atoms with Crippen molar-refractivity contribution in [3.63, 3.8) is 0 Å². The summed E-state index contributed by atoms with van der Waals surface area (Å²) in [5.74, 6) is 0. The molecule has 0 atom stereocenters. The van der Waals surface area contributed by atoms with E-state index in [1.54, 1.807) is 0 Å². The standard InChI is InChI=1S/2C22H25.C2H6Si.2ClH.Zr/c2*1-6-16-9-7-8-10-18(16)21-19-14-15(2)13-17(19)11-12-20(21)22(3,4)5;1-3-2;;;/h2*7-14H,6H2,1-5H3;1-2H3;2*1H;/q2*-1;;;;+4/p-2. The molecule has 0 nitrogen and oxygen atoms in total. The third-order valence-electron chi connectivity index (χ3n) is 9.02. The van der Waals surface area contributed by atoms with Crippen molar-refractivity contribution in [3.05, 3.63) is 130 Å². The van der Waals surface area contributed by atoms with Crippen molar-refractivity contribution in [2.45, 2.75) is 106 Å². The summed E-state index contributed by atoms with van der Waals surface area (Å²) in [5.41, 5.74) is 14.3. The van der Waals surface area contributed by atoms with Crippen molar-refractivity contribution in [2.75, 3.05) is 0 Å².